The number of carbonyl (C=O) groups is 3. The fourth-order valence-electron chi connectivity index (χ4n) is 6.23. The van der Waals surface area contributed by atoms with Gasteiger partial charge in [-0.05, 0) is 61.1 Å². The van der Waals surface area contributed by atoms with Crippen LogP contribution in [0.4, 0.5) is 4.79 Å². The van der Waals surface area contributed by atoms with Crippen molar-refractivity contribution in [2.45, 2.75) is 95.8 Å². The zero-order chi connectivity index (χ0) is 30.8. The van der Waals surface area contributed by atoms with E-state index in [1.807, 2.05) is 75.4 Å². The number of nitrogens with zero attached hydrogens (tertiary/aromatic N) is 1. The average Bonchev–Trinajstić information content (AvgIpc) is 3.46. The van der Waals surface area contributed by atoms with Crippen molar-refractivity contribution in [2.75, 3.05) is 12.4 Å². The van der Waals surface area contributed by atoms with E-state index in [1.54, 1.807) is 0 Å². The maximum absolute atomic E-state index is 13.7. The van der Waals surface area contributed by atoms with Gasteiger partial charge in [0.2, 0.25) is 5.91 Å². The van der Waals surface area contributed by atoms with Crippen LogP contribution < -0.4 is 10.6 Å². The summed E-state index contributed by atoms with van der Waals surface area (Å²) in [6.45, 7) is 6.15. The van der Waals surface area contributed by atoms with Gasteiger partial charge in [0.05, 0.1) is 11.9 Å². The second-order valence-electron chi connectivity index (χ2n) is 12.3. The van der Waals surface area contributed by atoms with Crippen molar-refractivity contribution < 1.29 is 24.2 Å². The number of benzene rings is 2. The summed E-state index contributed by atoms with van der Waals surface area (Å²) in [6.07, 6.45) is 4.42. The Hall–Kier alpha value is -3.04. The van der Waals surface area contributed by atoms with Crippen LogP contribution in [0.5, 0.6) is 0 Å². The number of thioether (sulfide) groups is 1. The molecule has 2 aromatic rings. The summed E-state index contributed by atoms with van der Waals surface area (Å²) in [5, 5.41) is 17.3. The van der Waals surface area contributed by atoms with Crippen molar-refractivity contribution in [3.63, 3.8) is 0 Å². The fraction of sp³-hybridized carbons (Fsp3) is 0.559. The summed E-state index contributed by atoms with van der Waals surface area (Å²) in [5.41, 5.74) is 2.93. The van der Waals surface area contributed by atoms with E-state index in [-0.39, 0.29) is 36.1 Å². The Kier molecular flexibility index (Phi) is 12.3. The SMILES string of the molecule is Cc1ccccc1CNC(=O)CN(CSC(C)C)C(=O)[C@@H](O)[C@H](Cc1ccccc1)NC(=O)OC1CCC2CCCC2C1. The second kappa shape index (κ2) is 16.1. The Morgan fingerprint density at radius 1 is 1.00 bits per heavy atom. The van der Waals surface area contributed by atoms with E-state index < -0.39 is 24.1 Å². The van der Waals surface area contributed by atoms with Crippen molar-refractivity contribution >= 4 is 29.7 Å². The molecule has 2 aliphatic carbocycles. The normalized spacial score (nSPS) is 21.0. The molecule has 9 heteroatoms. The number of aryl methyl sites for hydroxylation is 1. The molecule has 0 aliphatic heterocycles. The highest BCUT2D eigenvalue weighted by Gasteiger charge is 2.37. The van der Waals surface area contributed by atoms with Gasteiger partial charge in [-0.3, -0.25) is 9.59 Å². The molecule has 43 heavy (non-hydrogen) atoms. The van der Waals surface area contributed by atoms with Crippen LogP contribution in [0.15, 0.2) is 54.6 Å². The summed E-state index contributed by atoms with van der Waals surface area (Å²) in [4.78, 5) is 41.2. The molecule has 4 rings (SSSR count). The topological polar surface area (TPSA) is 108 Å². The van der Waals surface area contributed by atoms with Gasteiger partial charge in [-0.2, -0.15) is 0 Å². The van der Waals surface area contributed by atoms with Gasteiger partial charge in [-0.1, -0.05) is 87.7 Å². The Bertz CT molecular complexity index is 1210. The van der Waals surface area contributed by atoms with Gasteiger partial charge in [-0.25, -0.2) is 4.79 Å². The van der Waals surface area contributed by atoms with Gasteiger partial charge in [0.15, 0.2) is 6.10 Å². The minimum absolute atomic E-state index is 0.152. The molecule has 2 aliphatic rings. The van der Waals surface area contributed by atoms with Crippen molar-refractivity contribution in [1.82, 2.24) is 15.5 Å². The molecule has 2 aromatic carbocycles. The average molecular weight is 610 g/mol. The van der Waals surface area contributed by atoms with Gasteiger partial charge in [0.25, 0.3) is 5.91 Å². The van der Waals surface area contributed by atoms with Crippen LogP contribution in [0.3, 0.4) is 0 Å². The molecule has 3 unspecified atom stereocenters. The number of nitrogens with one attached hydrogen (secondary N) is 2. The first-order chi connectivity index (χ1) is 20.7. The number of alkyl carbamates (subject to hydrolysis) is 1. The Morgan fingerprint density at radius 2 is 1.72 bits per heavy atom. The minimum atomic E-state index is -1.56. The molecule has 0 bridgehead atoms. The van der Waals surface area contributed by atoms with Gasteiger partial charge in [0, 0.05) is 11.8 Å². The predicted octanol–water partition coefficient (Wildman–Crippen LogP) is 5.21. The lowest BCUT2D eigenvalue weighted by molar-refractivity contribution is -0.143. The highest BCUT2D eigenvalue weighted by molar-refractivity contribution is 7.99. The summed E-state index contributed by atoms with van der Waals surface area (Å²) < 4.78 is 5.83. The van der Waals surface area contributed by atoms with Crippen LogP contribution in [0.1, 0.15) is 69.1 Å². The summed E-state index contributed by atoms with van der Waals surface area (Å²) >= 11 is 1.51. The number of ether oxygens (including phenoxy) is 1. The standard InChI is InChI=1S/C34H47N3O5S/c1-23(2)43-22-37(21-31(38)35-20-28-13-8-7-10-24(28)3)33(40)32(39)30(18-25-11-5-4-6-12-25)36-34(41)42-29-17-16-26-14-9-15-27(26)19-29/h4-8,10-13,23,26-27,29-30,32,39H,9,14-22H2,1-3H3,(H,35,38)(H,36,41)/t26?,27?,29?,30-,32-/m0/s1. The zero-order valence-corrected chi connectivity index (χ0v) is 26.5. The van der Waals surface area contributed by atoms with Crippen LogP contribution in [0.2, 0.25) is 0 Å². The number of fused-ring (bicyclic) bond motifs is 1. The summed E-state index contributed by atoms with van der Waals surface area (Å²) in [6, 6.07) is 16.3. The quantitative estimate of drug-likeness (QED) is 0.269. The Labute approximate surface area is 260 Å². The lowest BCUT2D eigenvalue weighted by atomic mass is 9.80. The van der Waals surface area contributed by atoms with Crippen LogP contribution in [0.25, 0.3) is 0 Å². The molecule has 0 heterocycles. The maximum Gasteiger partial charge on any atom is 0.407 e. The molecule has 2 saturated carbocycles. The van der Waals surface area contributed by atoms with E-state index in [9.17, 15) is 19.5 Å². The lowest BCUT2D eigenvalue weighted by Gasteiger charge is -2.33. The lowest BCUT2D eigenvalue weighted by Crippen LogP contribution is -2.54. The van der Waals surface area contributed by atoms with Gasteiger partial charge in [0.1, 0.15) is 12.6 Å². The smallest absolute Gasteiger partial charge is 0.407 e. The van der Waals surface area contributed by atoms with E-state index in [4.69, 9.17) is 4.74 Å². The first-order valence-corrected chi connectivity index (χ1v) is 16.6. The third-order valence-electron chi connectivity index (χ3n) is 8.70. The molecule has 0 saturated heterocycles. The Balaban J connectivity index is 1.42. The number of hydrogen-bond acceptors (Lipinski definition) is 6. The minimum Gasteiger partial charge on any atom is -0.446 e. The fourth-order valence-corrected chi connectivity index (χ4v) is 6.93. The van der Waals surface area contributed by atoms with Crippen LogP contribution >= 0.6 is 11.8 Å². The third-order valence-corrected chi connectivity index (χ3v) is 9.83. The molecule has 3 amide bonds. The molecular weight excluding hydrogens is 562 g/mol. The van der Waals surface area contributed by atoms with Crippen LogP contribution in [-0.4, -0.2) is 63.8 Å². The van der Waals surface area contributed by atoms with Crippen LogP contribution in [0, 0.1) is 18.8 Å². The van der Waals surface area contributed by atoms with Crippen LogP contribution in [-0.2, 0) is 27.3 Å². The first kappa shape index (κ1) is 32.9. The maximum atomic E-state index is 13.7. The second-order valence-corrected chi connectivity index (χ2v) is 13.8. The molecule has 0 spiro atoms. The number of rotatable bonds is 13. The summed E-state index contributed by atoms with van der Waals surface area (Å²) in [7, 11) is 0. The number of hydrogen-bond donors (Lipinski definition) is 3. The Morgan fingerprint density at radius 3 is 2.47 bits per heavy atom. The molecule has 2 fully saturated rings. The molecule has 234 valence electrons. The third kappa shape index (κ3) is 10.00. The highest BCUT2D eigenvalue weighted by atomic mass is 32.2. The molecular formula is C34H47N3O5S. The van der Waals surface area contributed by atoms with Crippen molar-refractivity contribution in [1.29, 1.82) is 0 Å². The van der Waals surface area contributed by atoms with E-state index in [0.29, 0.717) is 12.5 Å². The molecule has 5 atom stereocenters. The molecule has 3 N–H and O–H groups in total. The van der Waals surface area contributed by atoms with Crippen molar-refractivity contribution in [3.8, 4) is 0 Å². The molecule has 0 aromatic heterocycles. The monoisotopic (exact) mass is 609 g/mol. The largest absolute Gasteiger partial charge is 0.446 e. The van der Waals surface area contributed by atoms with Crippen molar-refractivity contribution in [3.05, 3.63) is 71.3 Å². The highest BCUT2D eigenvalue weighted by Crippen LogP contribution is 2.42. The van der Waals surface area contributed by atoms with Gasteiger partial charge < -0.3 is 25.4 Å². The molecule has 8 nitrogen and oxygen atoms in total. The molecule has 0 radical (unpaired) electrons. The van der Waals surface area contributed by atoms with E-state index in [0.717, 1.165) is 41.9 Å². The van der Waals surface area contributed by atoms with E-state index in [2.05, 4.69) is 10.6 Å². The van der Waals surface area contributed by atoms with Gasteiger partial charge >= 0.3 is 6.09 Å². The zero-order valence-electron chi connectivity index (χ0n) is 25.7. The number of carbonyl (C=O) groups excluding carboxylic acids is 3. The number of aliphatic hydroxyl groups excluding tert-OH is 1. The number of aliphatic hydroxyl groups is 1. The van der Waals surface area contributed by atoms with Crippen molar-refractivity contribution in [2.24, 2.45) is 11.8 Å². The summed E-state index contributed by atoms with van der Waals surface area (Å²) in [5.74, 6) is 0.674. The van der Waals surface area contributed by atoms with E-state index in [1.165, 1.54) is 35.9 Å². The van der Waals surface area contributed by atoms with Gasteiger partial charge in [-0.15, -0.1) is 11.8 Å². The van der Waals surface area contributed by atoms with E-state index >= 15 is 0 Å². The number of amides is 3. The first-order valence-electron chi connectivity index (χ1n) is 15.6. The predicted molar refractivity (Wildman–Crippen MR) is 170 cm³/mol.